The van der Waals surface area contributed by atoms with Gasteiger partial charge in [0.1, 0.15) is 11.6 Å². The molecule has 2 aromatic carbocycles. The summed E-state index contributed by atoms with van der Waals surface area (Å²) in [5, 5.41) is 1.16. The number of nitrogens with one attached hydrogen (secondary N) is 1. The van der Waals surface area contributed by atoms with E-state index in [1.54, 1.807) is 26.2 Å². The molecule has 0 radical (unpaired) electrons. The molecule has 1 aromatic heterocycles. The summed E-state index contributed by atoms with van der Waals surface area (Å²) < 4.78 is 19.8. The summed E-state index contributed by atoms with van der Waals surface area (Å²) >= 11 is 0. The molecule has 0 spiro atoms. The number of rotatable bonds is 4. The molecule has 2 fully saturated rings. The van der Waals surface area contributed by atoms with Gasteiger partial charge in [-0.1, -0.05) is 6.07 Å². The second-order valence-corrected chi connectivity index (χ2v) is 9.12. The molecule has 1 unspecified atom stereocenters. The number of amides is 2. The molecule has 2 aliphatic rings. The summed E-state index contributed by atoms with van der Waals surface area (Å²) in [6.45, 7) is 3.36. The SMILES string of the molecule is COc1ccc2[nH]cc(C3CCN(C(=O)C4CC(=O)N(c5ccc(C)cc5F)C4)CC3)c2c1. The zero-order valence-electron chi connectivity index (χ0n) is 18.9. The molecule has 2 saturated heterocycles. The second kappa shape index (κ2) is 8.54. The molecule has 2 amide bonds. The van der Waals surface area contributed by atoms with Crippen molar-refractivity contribution in [2.75, 3.05) is 31.6 Å². The molecule has 1 atom stereocenters. The third-order valence-electron chi connectivity index (χ3n) is 7.04. The maximum atomic E-state index is 14.4. The average Bonchev–Trinajstić information content (AvgIpc) is 3.42. The molecule has 3 heterocycles. The number of aromatic amines is 1. The van der Waals surface area contributed by atoms with Crippen LogP contribution in [0.1, 0.15) is 36.3 Å². The molecule has 5 rings (SSSR count). The number of nitrogens with zero attached hydrogens (tertiary/aromatic N) is 2. The first-order valence-corrected chi connectivity index (χ1v) is 11.4. The Morgan fingerprint density at radius 2 is 1.94 bits per heavy atom. The maximum absolute atomic E-state index is 14.4. The van der Waals surface area contributed by atoms with Crippen LogP contribution in [0, 0.1) is 18.7 Å². The number of methoxy groups -OCH3 is 1. The number of hydrogen-bond donors (Lipinski definition) is 1. The summed E-state index contributed by atoms with van der Waals surface area (Å²) in [6, 6.07) is 10.8. The summed E-state index contributed by atoms with van der Waals surface area (Å²) in [4.78, 5) is 32.4. The van der Waals surface area contributed by atoms with Gasteiger partial charge >= 0.3 is 0 Å². The van der Waals surface area contributed by atoms with E-state index in [0.717, 1.165) is 35.1 Å². The Morgan fingerprint density at radius 3 is 2.67 bits per heavy atom. The number of fused-ring (bicyclic) bond motifs is 1. The quantitative estimate of drug-likeness (QED) is 0.643. The average molecular weight is 450 g/mol. The number of carbonyl (C=O) groups is 2. The molecule has 3 aromatic rings. The molecule has 172 valence electrons. The van der Waals surface area contributed by atoms with Gasteiger partial charge in [-0.2, -0.15) is 0 Å². The van der Waals surface area contributed by atoms with Crippen molar-refractivity contribution in [1.82, 2.24) is 9.88 Å². The topological polar surface area (TPSA) is 65.6 Å². The maximum Gasteiger partial charge on any atom is 0.228 e. The number of H-pyrrole nitrogens is 1. The highest BCUT2D eigenvalue weighted by molar-refractivity contribution is 6.00. The predicted octanol–water partition coefficient (Wildman–Crippen LogP) is 4.38. The van der Waals surface area contributed by atoms with Gasteiger partial charge < -0.3 is 19.5 Å². The lowest BCUT2D eigenvalue weighted by Gasteiger charge is -2.33. The smallest absolute Gasteiger partial charge is 0.228 e. The monoisotopic (exact) mass is 449 g/mol. The summed E-state index contributed by atoms with van der Waals surface area (Å²) in [6.07, 6.45) is 3.93. The number of benzene rings is 2. The van der Waals surface area contributed by atoms with Gasteiger partial charge in [0.2, 0.25) is 11.8 Å². The van der Waals surface area contributed by atoms with Gasteiger partial charge in [0, 0.05) is 43.2 Å². The van der Waals surface area contributed by atoms with Crippen molar-refractivity contribution in [3.63, 3.8) is 0 Å². The fourth-order valence-corrected chi connectivity index (χ4v) is 5.19. The fraction of sp³-hybridized carbons (Fsp3) is 0.385. The Labute approximate surface area is 192 Å². The first-order chi connectivity index (χ1) is 15.9. The van der Waals surface area contributed by atoms with E-state index in [1.807, 2.05) is 17.0 Å². The van der Waals surface area contributed by atoms with Crippen LogP contribution in [-0.2, 0) is 9.59 Å². The number of carbonyl (C=O) groups excluding carboxylic acids is 2. The largest absolute Gasteiger partial charge is 0.497 e. The minimum atomic E-state index is -0.424. The highest BCUT2D eigenvalue weighted by Crippen LogP contribution is 2.36. The molecule has 6 nitrogen and oxygen atoms in total. The van der Waals surface area contributed by atoms with Gasteiger partial charge in [-0.3, -0.25) is 9.59 Å². The molecule has 0 bridgehead atoms. The summed E-state index contributed by atoms with van der Waals surface area (Å²) in [5.74, 6) is 0.144. The Morgan fingerprint density at radius 1 is 1.15 bits per heavy atom. The molecule has 0 aliphatic carbocycles. The number of ether oxygens (including phenoxy) is 1. The van der Waals surface area contributed by atoms with E-state index in [4.69, 9.17) is 4.74 Å². The number of aromatic nitrogens is 1. The molecule has 7 heteroatoms. The molecule has 0 saturated carbocycles. The number of piperidine rings is 1. The van der Waals surface area contributed by atoms with Crippen molar-refractivity contribution in [1.29, 1.82) is 0 Å². The normalized spacial score (nSPS) is 19.5. The van der Waals surface area contributed by atoms with Crippen LogP contribution in [0.2, 0.25) is 0 Å². The number of aryl methyl sites for hydroxylation is 1. The Hall–Kier alpha value is -3.35. The lowest BCUT2D eigenvalue weighted by atomic mass is 9.88. The van der Waals surface area contributed by atoms with Gasteiger partial charge in [-0.05, 0) is 67.1 Å². The zero-order chi connectivity index (χ0) is 23.1. The van der Waals surface area contributed by atoms with E-state index in [2.05, 4.69) is 17.2 Å². The van der Waals surface area contributed by atoms with E-state index < -0.39 is 11.7 Å². The van der Waals surface area contributed by atoms with E-state index in [9.17, 15) is 14.0 Å². The number of halogens is 1. The van der Waals surface area contributed by atoms with Gasteiger partial charge in [-0.15, -0.1) is 0 Å². The van der Waals surface area contributed by atoms with Gasteiger partial charge in [-0.25, -0.2) is 4.39 Å². The van der Waals surface area contributed by atoms with Crippen molar-refractivity contribution < 1.29 is 18.7 Å². The molecule has 33 heavy (non-hydrogen) atoms. The van der Waals surface area contributed by atoms with Crippen molar-refractivity contribution in [3.8, 4) is 5.75 Å². The van der Waals surface area contributed by atoms with Crippen LogP contribution < -0.4 is 9.64 Å². The predicted molar refractivity (Wildman–Crippen MR) is 125 cm³/mol. The van der Waals surface area contributed by atoms with Crippen LogP contribution in [0.25, 0.3) is 10.9 Å². The standard InChI is InChI=1S/C26H28FN3O3/c1-16-3-6-24(22(27)11-16)30-15-18(12-25(30)31)26(32)29-9-7-17(8-10-29)21-14-28-23-5-4-19(33-2)13-20(21)23/h3-6,11,13-14,17-18,28H,7-10,12,15H2,1-2H3. The zero-order valence-corrected chi connectivity index (χ0v) is 18.9. The van der Waals surface area contributed by atoms with Crippen molar-refractivity contribution in [2.24, 2.45) is 5.92 Å². The number of anilines is 1. The highest BCUT2D eigenvalue weighted by atomic mass is 19.1. The first kappa shape index (κ1) is 21.5. The third-order valence-corrected chi connectivity index (χ3v) is 7.04. The summed E-state index contributed by atoms with van der Waals surface area (Å²) in [7, 11) is 1.67. The van der Waals surface area contributed by atoms with E-state index in [1.165, 1.54) is 16.5 Å². The molecule has 1 N–H and O–H groups in total. The third kappa shape index (κ3) is 3.96. The van der Waals surface area contributed by atoms with E-state index >= 15 is 0 Å². The van der Waals surface area contributed by atoms with Crippen LogP contribution in [-0.4, -0.2) is 48.4 Å². The second-order valence-electron chi connectivity index (χ2n) is 9.12. The fourth-order valence-electron chi connectivity index (χ4n) is 5.19. The Bertz CT molecular complexity index is 1210. The number of hydrogen-bond acceptors (Lipinski definition) is 3. The lowest BCUT2D eigenvalue weighted by Crippen LogP contribution is -2.42. The Kier molecular flexibility index (Phi) is 5.56. The van der Waals surface area contributed by atoms with Crippen LogP contribution in [0.3, 0.4) is 0 Å². The minimum absolute atomic E-state index is 0.00239. The van der Waals surface area contributed by atoms with Crippen molar-refractivity contribution in [2.45, 2.75) is 32.1 Å². The number of likely N-dealkylation sites (tertiary alicyclic amines) is 1. The van der Waals surface area contributed by atoms with Crippen molar-refractivity contribution >= 4 is 28.4 Å². The van der Waals surface area contributed by atoms with Crippen LogP contribution in [0.4, 0.5) is 10.1 Å². The minimum Gasteiger partial charge on any atom is -0.497 e. The molecule has 2 aliphatic heterocycles. The highest BCUT2D eigenvalue weighted by Gasteiger charge is 2.39. The molecular weight excluding hydrogens is 421 g/mol. The lowest BCUT2D eigenvalue weighted by molar-refractivity contribution is -0.136. The molecular formula is C26H28FN3O3. The van der Waals surface area contributed by atoms with Gasteiger partial charge in [0.15, 0.2) is 0 Å². The Balaban J connectivity index is 1.24. The van der Waals surface area contributed by atoms with Crippen molar-refractivity contribution in [3.05, 3.63) is 59.5 Å². The van der Waals surface area contributed by atoms with Crippen LogP contribution in [0.5, 0.6) is 5.75 Å². The van der Waals surface area contributed by atoms with E-state index in [0.29, 0.717) is 19.0 Å². The van der Waals surface area contributed by atoms with Gasteiger partial charge in [0.25, 0.3) is 0 Å². The first-order valence-electron chi connectivity index (χ1n) is 11.4. The van der Waals surface area contributed by atoms with E-state index in [-0.39, 0.29) is 30.5 Å². The van der Waals surface area contributed by atoms with Crippen LogP contribution in [0.15, 0.2) is 42.6 Å². The summed E-state index contributed by atoms with van der Waals surface area (Å²) in [5.41, 5.74) is 3.40. The van der Waals surface area contributed by atoms with Gasteiger partial charge in [0.05, 0.1) is 18.7 Å². The van der Waals surface area contributed by atoms with Crippen LogP contribution >= 0.6 is 0 Å².